The Bertz CT molecular complexity index is 1260. The highest BCUT2D eigenvalue weighted by atomic mass is 33.1. The summed E-state index contributed by atoms with van der Waals surface area (Å²) in [5, 5.41) is 1.12. The maximum Gasteiger partial charge on any atom is 0.305 e. The first-order valence-electron chi connectivity index (χ1n) is 14.5. The van der Waals surface area contributed by atoms with Gasteiger partial charge in [0.05, 0.1) is 23.5 Å². The van der Waals surface area contributed by atoms with E-state index < -0.39 is 0 Å². The summed E-state index contributed by atoms with van der Waals surface area (Å²) in [6.45, 7) is 16.1. The molecule has 0 unspecified atom stereocenters. The Kier molecular flexibility index (Phi) is 14.2. The Morgan fingerprint density at radius 1 is 1.24 bits per heavy atom. The SMILES string of the molecule is CC.CCC(=O)OC/C(C=O)=C(C)/C=C1/c2nc3ccc(OCCCSSC(C)(C)CN)cc3c(CC)c2CN1C. The highest BCUT2D eigenvalue weighted by Gasteiger charge is 2.27. The Balaban J connectivity index is 0.00000287. The van der Waals surface area contributed by atoms with Crippen LogP contribution in [0.4, 0.5) is 0 Å². The summed E-state index contributed by atoms with van der Waals surface area (Å²) in [7, 11) is 5.71. The number of aldehydes is 1. The van der Waals surface area contributed by atoms with Gasteiger partial charge in [0.2, 0.25) is 0 Å². The van der Waals surface area contributed by atoms with Gasteiger partial charge < -0.3 is 20.1 Å². The maximum absolute atomic E-state index is 11.7. The van der Waals surface area contributed by atoms with E-state index in [1.54, 1.807) is 6.92 Å². The minimum absolute atomic E-state index is 0.0281. The largest absolute Gasteiger partial charge is 0.494 e. The Labute approximate surface area is 254 Å². The molecule has 0 aliphatic carbocycles. The molecule has 0 radical (unpaired) electrons. The van der Waals surface area contributed by atoms with Crippen LogP contribution in [0.2, 0.25) is 0 Å². The van der Waals surface area contributed by atoms with Crippen molar-refractivity contribution in [2.24, 2.45) is 5.73 Å². The normalized spacial score (nSPS) is 14.4. The van der Waals surface area contributed by atoms with E-state index in [-0.39, 0.29) is 23.7 Å². The van der Waals surface area contributed by atoms with Crippen molar-refractivity contribution in [3.63, 3.8) is 0 Å². The van der Waals surface area contributed by atoms with E-state index in [0.717, 1.165) is 65.0 Å². The average molecular weight is 602 g/mol. The van der Waals surface area contributed by atoms with Crippen molar-refractivity contribution in [3.05, 3.63) is 52.2 Å². The molecule has 0 fully saturated rings. The summed E-state index contributed by atoms with van der Waals surface area (Å²) in [4.78, 5) is 30.5. The number of pyridine rings is 1. The first-order chi connectivity index (χ1) is 19.6. The van der Waals surface area contributed by atoms with Crippen LogP contribution in [0.5, 0.6) is 5.75 Å². The molecule has 1 aliphatic heterocycles. The fourth-order valence-electron chi connectivity index (χ4n) is 4.25. The lowest BCUT2D eigenvalue weighted by molar-refractivity contribution is -0.142. The fourth-order valence-corrected chi connectivity index (χ4v) is 6.72. The predicted octanol–water partition coefficient (Wildman–Crippen LogP) is 6.97. The van der Waals surface area contributed by atoms with Crippen LogP contribution < -0.4 is 10.5 Å². The zero-order valence-electron chi connectivity index (χ0n) is 26.0. The van der Waals surface area contributed by atoms with Crippen molar-refractivity contribution in [1.29, 1.82) is 0 Å². The van der Waals surface area contributed by atoms with Gasteiger partial charge in [-0.15, -0.1) is 0 Å². The van der Waals surface area contributed by atoms with Crippen molar-refractivity contribution in [1.82, 2.24) is 9.88 Å². The van der Waals surface area contributed by atoms with Gasteiger partial charge in [0.15, 0.2) is 0 Å². The topological polar surface area (TPSA) is 94.8 Å². The quantitative estimate of drug-likeness (QED) is 0.0810. The second kappa shape index (κ2) is 16.8. The van der Waals surface area contributed by atoms with Crippen LogP contribution >= 0.6 is 21.6 Å². The maximum atomic E-state index is 11.7. The Morgan fingerprint density at radius 2 is 1.98 bits per heavy atom. The van der Waals surface area contributed by atoms with E-state index in [1.165, 1.54) is 11.1 Å². The Hall–Kier alpha value is -2.49. The van der Waals surface area contributed by atoms with Crippen LogP contribution in [0.1, 0.15) is 78.1 Å². The summed E-state index contributed by atoms with van der Waals surface area (Å²) < 4.78 is 11.4. The monoisotopic (exact) mass is 601 g/mol. The lowest BCUT2D eigenvalue weighted by atomic mass is 9.98. The lowest BCUT2D eigenvalue weighted by Crippen LogP contribution is -2.25. The van der Waals surface area contributed by atoms with Gasteiger partial charge >= 0.3 is 5.97 Å². The van der Waals surface area contributed by atoms with Crippen LogP contribution in [-0.4, -0.2) is 59.4 Å². The number of ether oxygens (including phenoxy) is 2. The third kappa shape index (κ3) is 9.51. The summed E-state index contributed by atoms with van der Waals surface area (Å²) in [5.41, 5.74) is 12.3. The zero-order chi connectivity index (χ0) is 30.6. The number of benzene rings is 1. The second-order valence-electron chi connectivity index (χ2n) is 10.2. The van der Waals surface area contributed by atoms with E-state index in [0.29, 0.717) is 18.7 Å². The molecule has 226 valence electrons. The third-order valence-corrected chi connectivity index (χ3v) is 10.1. The number of carbonyl (C=O) groups is 2. The average Bonchev–Trinajstić information content (AvgIpc) is 3.28. The van der Waals surface area contributed by atoms with Crippen LogP contribution in [0, 0.1) is 0 Å². The van der Waals surface area contributed by atoms with Gasteiger partial charge in [-0.3, -0.25) is 9.59 Å². The van der Waals surface area contributed by atoms with E-state index >= 15 is 0 Å². The number of hydrogen-bond donors (Lipinski definition) is 1. The molecule has 0 bridgehead atoms. The van der Waals surface area contributed by atoms with Crippen LogP contribution in [0.15, 0.2) is 35.4 Å². The number of nitrogens with zero attached hydrogens (tertiary/aromatic N) is 2. The molecular formula is C32H47N3O4S2. The smallest absolute Gasteiger partial charge is 0.305 e. The van der Waals surface area contributed by atoms with Gasteiger partial charge in [-0.05, 0) is 69.0 Å². The number of allylic oxidation sites excluding steroid dienone is 2. The Morgan fingerprint density at radius 3 is 2.61 bits per heavy atom. The van der Waals surface area contributed by atoms with Gasteiger partial charge in [0.1, 0.15) is 18.6 Å². The summed E-state index contributed by atoms with van der Waals surface area (Å²) >= 11 is 0. The molecule has 2 N–H and O–H groups in total. The van der Waals surface area contributed by atoms with E-state index in [9.17, 15) is 9.59 Å². The molecule has 0 spiro atoms. The van der Waals surface area contributed by atoms with Crippen LogP contribution in [-0.2, 0) is 27.3 Å². The molecule has 3 rings (SSSR count). The third-order valence-electron chi connectivity index (χ3n) is 6.67. The first-order valence-corrected chi connectivity index (χ1v) is 16.8. The summed E-state index contributed by atoms with van der Waals surface area (Å²) in [5.74, 6) is 1.54. The molecule has 0 atom stereocenters. The minimum Gasteiger partial charge on any atom is -0.494 e. The van der Waals surface area contributed by atoms with Gasteiger partial charge in [-0.1, -0.05) is 49.3 Å². The number of nitrogens with two attached hydrogens (primary N) is 1. The number of aromatic nitrogens is 1. The molecule has 1 aromatic heterocycles. The van der Waals surface area contributed by atoms with E-state index in [4.69, 9.17) is 20.2 Å². The van der Waals surface area contributed by atoms with Crippen LogP contribution in [0.25, 0.3) is 16.6 Å². The van der Waals surface area contributed by atoms with E-state index in [2.05, 4.69) is 31.7 Å². The standard InChI is InChI=1S/C30H41N3O4S2.C2H6/c1-7-23-24-15-22(36-12-9-13-38-39-30(4,5)19-31)10-11-26(24)32-29-25(23)16-33(6)27(29)14-20(3)21(17-34)18-37-28(35)8-2;1-2/h10-11,14-15,17H,7-9,12-13,16,18-19,31H2,1-6H3;1-2H3/b21-20+,27-14-;. The number of carbonyl (C=O) groups excluding carboxylic acids is 2. The highest BCUT2D eigenvalue weighted by molar-refractivity contribution is 8.77. The lowest BCUT2D eigenvalue weighted by Gasteiger charge is -2.20. The predicted molar refractivity (Wildman–Crippen MR) is 175 cm³/mol. The number of rotatable bonds is 14. The number of fused-ring (bicyclic) bond motifs is 2. The van der Waals surface area contributed by atoms with E-state index in [1.807, 2.05) is 67.6 Å². The molecular weight excluding hydrogens is 555 g/mol. The molecule has 41 heavy (non-hydrogen) atoms. The molecule has 0 saturated heterocycles. The summed E-state index contributed by atoms with van der Waals surface area (Å²) in [6.07, 6.45) is 4.84. The van der Waals surface area contributed by atoms with Gasteiger partial charge in [0.25, 0.3) is 0 Å². The zero-order valence-corrected chi connectivity index (χ0v) is 27.6. The van der Waals surface area contributed by atoms with Crippen LogP contribution in [0.3, 0.4) is 0 Å². The molecule has 2 aromatic rings. The molecule has 1 aliphatic rings. The van der Waals surface area contributed by atoms with Gasteiger partial charge in [-0.25, -0.2) is 4.98 Å². The number of hydrogen-bond acceptors (Lipinski definition) is 9. The van der Waals surface area contributed by atoms with Crippen molar-refractivity contribution in [2.75, 3.05) is 32.6 Å². The first kappa shape index (κ1) is 34.7. The van der Waals surface area contributed by atoms with Crippen molar-refractivity contribution in [3.8, 4) is 5.75 Å². The molecule has 0 saturated carbocycles. The highest BCUT2D eigenvalue weighted by Crippen LogP contribution is 2.38. The molecule has 0 amide bonds. The fraction of sp³-hybridized carbons (Fsp3) is 0.531. The molecule has 7 nitrogen and oxygen atoms in total. The minimum atomic E-state index is -0.327. The van der Waals surface area contributed by atoms with Gasteiger partial charge in [-0.2, -0.15) is 0 Å². The van der Waals surface area contributed by atoms with Crippen molar-refractivity contribution >= 4 is 50.4 Å². The second-order valence-corrected chi connectivity index (χ2v) is 13.4. The molecule has 9 heteroatoms. The number of aryl methyl sites for hydroxylation is 1. The summed E-state index contributed by atoms with van der Waals surface area (Å²) in [6, 6.07) is 6.12. The van der Waals surface area contributed by atoms with Crippen molar-refractivity contribution < 1.29 is 19.1 Å². The van der Waals surface area contributed by atoms with Crippen molar-refractivity contribution in [2.45, 2.75) is 79.0 Å². The molecule has 2 heterocycles. The molecule has 1 aromatic carbocycles. The van der Waals surface area contributed by atoms with Gasteiger partial charge in [0, 0.05) is 53.6 Å². The number of esters is 1.